The zero-order chi connectivity index (χ0) is 21.7. The Bertz CT molecular complexity index is 1060. The summed E-state index contributed by atoms with van der Waals surface area (Å²) >= 11 is 0. The summed E-state index contributed by atoms with van der Waals surface area (Å²) in [5.74, 6) is 0. The monoisotopic (exact) mass is 416 g/mol. The fourth-order valence-corrected chi connectivity index (χ4v) is 3.79. The van der Waals surface area contributed by atoms with Gasteiger partial charge in [0.2, 0.25) is 0 Å². The van der Waals surface area contributed by atoms with Gasteiger partial charge in [-0.1, -0.05) is 31.2 Å². The lowest BCUT2D eigenvalue weighted by molar-refractivity contribution is -0.137. The maximum Gasteiger partial charge on any atom is 0.494 e. The van der Waals surface area contributed by atoms with Gasteiger partial charge in [-0.3, -0.25) is 4.68 Å². The molecule has 2 heterocycles. The molecule has 30 heavy (non-hydrogen) atoms. The molecular formula is C22H24BF3N2O2. The molecule has 3 aromatic rings. The molecule has 1 aliphatic rings. The van der Waals surface area contributed by atoms with Crippen LogP contribution in [0.25, 0.3) is 10.9 Å². The van der Waals surface area contributed by atoms with Crippen molar-refractivity contribution in [2.75, 3.05) is 0 Å². The first-order valence-corrected chi connectivity index (χ1v) is 10.00. The Kier molecular flexibility index (Phi) is 4.98. The third-order valence-corrected chi connectivity index (χ3v) is 6.27. The number of fused-ring (bicyclic) bond motifs is 1. The topological polar surface area (TPSA) is 36.3 Å². The minimum Gasteiger partial charge on any atom is -0.399 e. The summed E-state index contributed by atoms with van der Waals surface area (Å²) in [6, 6.07) is 11.1. The summed E-state index contributed by atoms with van der Waals surface area (Å²) in [6.45, 7) is 8.61. The molecule has 8 heteroatoms. The Morgan fingerprint density at radius 2 is 1.73 bits per heavy atom. The highest BCUT2D eigenvalue weighted by atomic mass is 19.4. The Morgan fingerprint density at radius 3 is 2.33 bits per heavy atom. The Hall–Kier alpha value is -2.32. The van der Waals surface area contributed by atoms with E-state index in [1.54, 1.807) is 10.9 Å². The van der Waals surface area contributed by atoms with Crippen LogP contribution in [0.4, 0.5) is 13.2 Å². The third-order valence-electron chi connectivity index (χ3n) is 6.27. The SMILES string of the molecule is CCC1(C)OB(c2ccc3c(cnn3Cc3ccc(C(F)(F)F)cc3)c2)OC1(C)C. The molecule has 158 valence electrons. The van der Waals surface area contributed by atoms with Crippen molar-refractivity contribution in [3.05, 3.63) is 59.8 Å². The normalized spacial score (nSPS) is 21.5. The zero-order valence-electron chi connectivity index (χ0n) is 17.5. The average Bonchev–Trinajstić information content (AvgIpc) is 3.19. The maximum atomic E-state index is 12.8. The van der Waals surface area contributed by atoms with Gasteiger partial charge in [0.25, 0.3) is 0 Å². The van der Waals surface area contributed by atoms with Crippen LogP contribution in [0.1, 0.15) is 45.2 Å². The molecule has 0 saturated carbocycles. The first kappa shape index (κ1) is 20.9. The van der Waals surface area contributed by atoms with E-state index < -0.39 is 24.5 Å². The molecule has 0 spiro atoms. The van der Waals surface area contributed by atoms with Crippen molar-refractivity contribution in [3.63, 3.8) is 0 Å². The molecule has 1 unspecified atom stereocenters. The van der Waals surface area contributed by atoms with Crippen LogP contribution >= 0.6 is 0 Å². The third kappa shape index (κ3) is 3.63. The summed E-state index contributed by atoms with van der Waals surface area (Å²) in [5, 5.41) is 5.34. The molecule has 0 bridgehead atoms. The largest absolute Gasteiger partial charge is 0.494 e. The molecule has 0 amide bonds. The molecule has 1 aliphatic heterocycles. The van der Waals surface area contributed by atoms with Crippen LogP contribution in [0.2, 0.25) is 0 Å². The number of hydrogen-bond donors (Lipinski definition) is 0. The van der Waals surface area contributed by atoms with Crippen molar-refractivity contribution in [3.8, 4) is 0 Å². The highest BCUT2D eigenvalue weighted by molar-refractivity contribution is 6.62. The van der Waals surface area contributed by atoms with E-state index in [0.717, 1.165) is 40.5 Å². The highest BCUT2D eigenvalue weighted by Crippen LogP contribution is 2.39. The first-order chi connectivity index (χ1) is 14.0. The number of alkyl halides is 3. The molecule has 1 atom stereocenters. The summed E-state index contributed by atoms with van der Waals surface area (Å²) in [5.41, 5.74) is 1.13. The van der Waals surface area contributed by atoms with Crippen molar-refractivity contribution in [2.24, 2.45) is 0 Å². The van der Waals surface area contributed by atoms with Gasteiger partial charge in [-0.05, 0) is 56.4 Å². The second-order valence-corrected chi connectivity index (χ2v) is 8.48. The number of nitrogens with zero attached hydrogens (tertiary/aromatic N) is 2. The van der Waals surface area contributed by atoms with Crippen LogP contribution in [0.5, 0.6) is 0 Å². The van der Waals surface area contributed by atoms with Crippen molar-refractivity contribution in [1.29, 1.82) is 0 Å². The minimum atomic E-state index is -4.33. The van der Waals surface area contributed by atoms with Crippen molar-refractivity contribution < 1.29 is 22.5 Å². The number of halogens is 3. The van der Waals surface area contributed by atoms with Gasteiger partial charge in [-0.25, -0.2) is 0 Å². The van der Waals surface area contributed by atoms with E-state index in [0.29, 0.717) is 6.54 Å². The van der Waals surface area contributed by atoms with E-state index in [1.165, 1.54) is 12.1 Å². The molecule has 2 aromatic carbocycles. The van der Waals surface area contributed by atoms with Crippen molar-refractivity contribution in [2.45, 2.75) is 58.0 Å². The fourth-order valence-electron chi connectivity index (χ4n) is 3.79. The Balaban J connectivity index is 1.56. The number of rotatable bonds is 4. The predicted octanol–water partition coefficient (Wildman–Crippen LogP) is 4.79. The second-order valence-electron chi connectivity index (χ2n) is 8.48. The molecule has 0 aliphatic carbocycles. The van der Waals surface area contributed by atoms with E-state index in [1.807, 2.05) is 32.0 Å². The number of benzene rings is 2. The van der Waals surface area contributed by atoms with E-state index in [-0.39, 0.29) is 5.60 Å². The average molecular weight is 416 g/mol. The van der Waals surface area contributed by atoms with Crippen LogP contribution in [0.3, 0.4) is 0 Å². The van der Waals surface area contributed by atoms with Crippen LogP contribution in [0, 0.1) is 0 Å². The number of aromatic nitrogens is 2. The lowest BCUT2D eigenvalue weighted by atomic mass is 9.78. The van der Waals surface area contributed by atoms with Gasteiger partial charge in [0.05, 0.1) is 35.0 Å². The standard InChI is InChI=1S/C22H24BF3N2O2/c1-5-21(4)20(2,3)29-23(30-21)18-10-11-19-16(12-18)13-27-28(19)14-15-6-8-17(9-7-15)22(24,25)26/h6-13H,5,14H2,1-4H3. The van der Waals surface area contributed by atoms with Gasteiger partial charge < -0.3 is 9.31 Å². The van der Waals surface area contributed by atoms with E-state index in [9.17, 15) is 13.2 Å². The smallest absolute Gasteiger partial charge is 0.399 e. The maximum absolute atomic E-state index is 12.8. The molecule has 0 radical (unpaired) electrons. The number of hydrogen-bond acceptors (Lipinski definition) is 3. The summed E-state index contributed by atoms with van der Waals surface area (Å²) in [6.07, 6.45) is -1.74. The van der Waals surface area contributed by atoms with E-state index >= 15 is 0 Å². The van der Waals surface area contributed by atoms with Crippen LogP contribution in [-0.2, 0) is 22.0 Å². The van der Waals surface area contributed by atoms with Crippen LogP contribution < -0.4 is 5.46 Å². The van der Waals surface area contributed by atoms with Gasteiger partial charge in [0.15, 0.2) is 0 Å². The zero-order valence-corrected chi connectivity index (χ0v) is 17.5. The van der Waals surface area contributed by atoms with Gasteiger partial charge in [-0.15, -0.1) is 0 Å². The Labute approximate surface area is 174 Å². The molecule has 1 saturated heterocycles. The quantitative estimate of drug-likeness (QED) is 0.574. The molecule has 1 fully saturated rings. The highest BCUT2D eigenvalue weighted by Gasteiger charge is 2.53. The summed E-state index contributed by atoms with van der Waals surface area (Å²) in [7, 11) is -0.451. The first-order valence-electron chi connectivity index (χ1n) is 10.00. The molecule has 0 N–H and O–H groups in total. The fraction of sp³-hybridized carbons (Fsp3) is 0.409. The van der Waals surface area contributed by atoms with E-state index in [2.05, 4.69) is 18.9 Å². The van der Waals surface area contributed by atoms with Crippen molar-refractivity contribution >= 4 is 23.5 Å². The van der Waals surface area contributed by atoms with E-state index in [4.69, 9.17) is 9.31 Å². The second kappa shape index (κ2) is 7.13. The van der Waals surface area contributed by atoms with Crippen molar-refractivity contribution in [1.82, 2.24) is 9.78 Å². The van der Waals surface area contributed by atoms with Gasteiger partial charge >= 0.3 is 13.3 Å². The molecule has 4 nitrogen and oxygen atoms in total. The molecule has 1 aromatic heterocycles. The lowest BCUT2D eigenvalue weighted by Crippen LogP contribution is -2.44. The Morgan fingerprint density at radius 1 is 1.03 bits per heavy atom. The lowest BCUT2D eigenvalue weighted by Gasteiger charge is -2.35. The summed E-state index contributed by atoms with van der Waals surface area (Å²) < 4.78 is 52.5. The molecular weight excluding hydrogens is 392 g/mol. The van der Waals surface area contributed by atoms with Crippen LogP contribution in [-0.4, -0.2) is 28.1 Å². The van der Waals surface area contributed by atoms with Crippen LogP contribution in [0.15, 0.2) is 48.7 Å². The molecule has 4 rings (SSSR count). The minimum absolute atomic E-state index is 0.376. The van der Waals surface area contributed by atoms with Gasteiger partial charge in [-0.2, -0.15) is 18.3 Å². The van der Waals surface area contributed by atoms with Gasteiger partial charge in [0, 0.05) is 5.39 Å². The van der Waals surface area contributed by atoms with Gasteiger partial charge in [0.1, 0.15) is 0 Å². The summed E-state index contributed by atoms with van der Waals surface area (Å²) in [4.78, 5) is 0. The predicted molar refractivity (Wildman–Crippen MR) is 111 cm³/mol.